The molecule has 1 aromatic heterocycles. The molecular weight excluding hydrogens is 326 g/mol. The van der Waals surface area contributed by atoms with Crippen molar-refractivity contribution in [1.29, 1.82) is 0 Å². The highest BCUT2D eigenvalue weighted by molar-refractivity contribution is 7.91. The molecule has 0 aromatic carbocycles. The minimum Gasteiger partial charge on any atom is -0.334 e. The van der Waals surface area contributed by atoms with Gasteiger partial charge in [0.2, 0.25) is 5.91 Å². The zero-order valence-electron chi connectivity index (χ0n) is 12.3. The molecule has 6 nitrogen and oxygen atoms in total. The number of aromatic nitrogens is 2. The van der Waals surface area contributed by atoms with Crippen LogP contribution in [0.3, 0.4) is 0 Å². The number of sulfone groups is 1. The number of carbonyl (C=O) groups is 1. The standard InChI is InChI=1S/C14H20ClN3O3S/c15-11-7-16-17(8-11)9-14(19)18(12-3-1-2-4-12)13-5-6-22(20,21)10-13/h7-8,12-13H,1-6,9-10H2. The molecule has 22 heavy (non-hydrogen) atoms. The minimum absolute atomic E-state index is 0.0613. The van der Waals surface area contributed by atoms with Gasteiger partial charge in [0, 0.05) is 18.3 Å². The highest BCUT2D eigenvalue weighted by atomic mass is 35.5. The third kappa shape index (κ3) is 3.46. The van der Waals surface area contributed by atoms with Crippen molar-refractivity contribution in [1.82, 2.24) is 14.7 Å². The minimum atomic E-state index is -3.01. The van der Waals surface area contributed by atoms with E-state index in [4.69, 9.17) is 11.6 Å². The lowest BCUT2D eigenvalue weighted by molar-refractivity contribution is -0.136. The summed E-state index contributed by atoms with van der Waals surface area (Å²) in [6.07, 6.45) is 7.77. The van der Waals surface area contributed by atoms with Crippen molar-refractivity contribution < 1.29 is 13.2 Å². The topological polar surface area (TPSA) is 72.3 Å². The van der Waals surface area contributed by atoms with Gasteiger partial charge in [-0.1, -0.05) is 24.4 Å². The molecule has 1 unspecified atom stereocenters. The summed E-state index contributed by atoms with van der Waals surface area (Å²) in [4.78, 5) is 14.6. The molecule has 1 amide bonds. The first-order valence-electron chi connectivity index (χ1n) is 7.64. The first-order valence-corrected chi connectivity index (χ1v) is 9.84. The SMILES string of the molecule is O=C(Cn1cc(Cl)cn1)N(C1CCCC1)C1CCS(=O)(=O)C1. The van der Waals surface area contributed by atoms with Crippen LogP contribution in [0.25, 0.3) is 0 Å². The summed E-state index contributed by atoms with van der Waals surface area (Å²) in [6, 6.07) is -0.0246. The molecule has 0 N–H and O–H groups in total. The molecule has 1 atom stereocenters. The zero-order valence-corrected chi connectivity index (χ0v) is 13.9. The average molecular weight is 346 g/mol. The summed E-state index contributed by atoms with van der Waals surface area (Å²) >= 11 is 5.83. The van der Waals surface area contributed by atoms with Crippen molar-refractivity contribution >= 4 is 27.3 Å². The van der Waals surface area contributed by atoms with Crippen LogP contribution in [0.5, 0.6) is 0 Å². The molecule has 2 aliphatic rings. The second-order valence-electron chi connectivity index (χ2n) is 6.15. The molecule has 1 aromatic rings. The third-order valence-electron chi connectivity index (χ3n) is 4.51. The molecular formula is C14H20ClN3O3S. The zero-order chi connectivity index (χ0) is 15.7. The Kier molecular flexibility index (Phi) is 4.45. The van der Waals surface area contributed by atoms with Gasteiger partial charge in [0.25, 0.3) is 0 Å². The lowest BCUT2D eigenvalue weighted by atomic mass is 10.1. The second kappa shape index (κ2) is 6.20. The smallest absolute Gasteiger partial charge is 0.244 e. The highest BCUT2D eigenvalue weighted by Crippen LogP contribution is 2.29. The fourth-order valence-corrected chi connectivity index (χ4v) is 5.40. The van der Waals surface area contributed by atoms with E-state index >= 15 is 0 Å². The molecule has 2 fully saturated rings. The summed E-state index contributed by atoms with van der Waals surface area (Å²) < 4.78 is 25.1. The van der Waals surface area contributed by atoms with E-state index in [1.165, 1.54) is 10.9 Å². The molecule has 1 aliphatic heterocycles. The summed E-state index contributed by atoms with van der Waals surface area (Å²) in [5.74, 6) is 0.213. The van der Waals surface area contributed by atoms with Crippen molar-refractivity contribution in [3.63, 3.8) is 0 Å². The maximum atomic E-state index is 12.7. The summed E-state index contributed by atoms with van der Waals surface area (Å²) in [7, 11) is -3.01. The van der Waals surface area contributed by atoms with Gasteiger partial charge in [-0.2, -0.15) is 5.10 Å². The third-order valence-corrected chi connectivity index (χ3v) is 6.45. The Morgan fingerprint density at radius 2 is 2.05 bits per heavy atom. The lowest BCUT2D eigenvalue weighted by Crippen LogP contribution is -2.48. The van der Waals surface area contributed by atoms with Crippen LogP contribution in [-0.4, -0.2) is 52.6 Å². The molecule has 122 valence electrons. The van der Waals surface area contributed by atoms with Gasteiger partial charge < -0.3 is 4.90 Å². The van der Waals surface area contributed by atoms with E-state index < -0.39 is 9.84 Å². The molecule has 2 heterocycles. The van der Waals surface area contributed by atoms with Crippen LogP contribution in [-0.2, 0) is 21.2 Å². The fraction of sp³-hybridized carbons (Fsp3) is 0.714. The van der Waals surface area contributed by atoms with Crippen LogP contribution < -0.4 is 0 Å². The number of hydrogen-bond donors (Lipinski definition) is 0. The van der Waals surface area contributed by atoms with Gasteiger partial charge in [0.1, 0.15) is 6.54 Å². The maximum Gasteiger partial charge on any atom is 0.244 e. The summed E-state index contributed by atoms with van der Waals surface area (Å²) in [6.45, 7) is 0.111. The fourth-order valence-electron chi connectivity index (χ4n) is 3.53. The van der Waals surface area contributed by atoms with Crippen molar-refractivity contribution in [3.05, 3.63) is 17.4 Å². The number of rotatable bonds is 4. The Morgan fingerprint density at radius 1 is 1.32 bits per heavy atom. The molecule has 0 bridgehead atoms. The predicted molar refractivity (Wildman–Crippen MR) is 83.4 cm³/mol. The number of amides is 1. The normalized spacial score (nSPS) is 24.7. The summed E-state index contributed by atoms with van der Waals surface area (Å²) in [5.41, 5.74) is 0. The van der Waals surface area contributed by atoms with Gasteiger partial charge >= 0.3 is 0 Å². The lowest BCUT2D eigenvalue weighted by Gasteiger charge is -2.34. The van der Waals surface area contributed by atoms with Gasteiger partial charge in [-0.15, -0.1) is 0 Å². The van der Waals surface area contributed by atoms with E-state index in [9.17, 15) is 13.2 Å². The Bertz CT molecular complexity index is 652. The predicted octanol–water partition coefficient (Wildman–Crippen LogP) is 1.49. The van der Waals surface area contributed by atoms with Crippen molar-refractivity contribution in [2.45, 2.75) is 50.7 Å². The van der Waals surface area contributed by atoms with Crippen molar-refractivity contribution in [2.24, 2.45) is 0 Å². The van der Waals surface area contributed by atoms with E-state index in [2.05, 4.69) is 5.10 Å². The van der Waals surface area contributed by atoms with Crippen LogP contribution in [0.1, 0.15) is 32.1 Å². The molecule has 3 rings (SSSR count). The molecule has 1 aliphatic carbocycles. The van der Waals surface area contributed by atoms with E-state index in [1.807, 2.05) is 4.90 Å². The largest absolute Gasteiger partial charge is 0.334 e. The van der Waals surface area contributed by atoms with Crippen LogP contribution in [0, 0.1) is 0 Å². The Hall–Kier alpha value is -1.08. The van der Waals surface area contributed by atoms with Crippen LogP contribution in [0.4, 0.5) is 0 Å². The first kappa shape index (κ1) is 15.8. The van der Waals surface area contributed by atoms with Gasteiger partial charge in [-0.3, -0.25) is 9.48 Å². The Labute approximate surface area is 135 Å². The van der Waals surface area contributed by atoms with Crippen LogP contribution in [0.2, 0.25) is 5.02 Å². The quantitative estimate of drug-likeness (QED) is 0.829. The van der Waals surface area contributed by atoms with Crippen LogP contribution in [0.15, 0.2) is 12.4 Å². The number of halogens is 1. The number of nitrogens with zero attached hydrogens (tertiary/aromatic N) is 3. The number of hydrogen-bond acceptors (Lipinski definition) is 4. The first-order chi connectivity index (χ1) is 10.4. The summed E-state index contributed by atoms with van der Waals surface area (Å²) in [5, 5.41) is 4.53. The van der Waals surface area contributed by atoms with Crippen molar-refractivity contribution in [3.8, 4) is 0 Å². The van der Waals surface area contributed by atoms with Gasteiger partial charge in [0.05, 0.1) is 22.7 Å². The van der Waals surface area contributed by atoms with Crippen LogP contribution >= 0.6 is 11.6 Å². The maximum absolute atomic E-state index is 12.7. The van der Waals surface area contributed by atoms with E-state index in [-0.39, 0.29) is 36.0 Å². The monoisotopic (exact) mass is 345 g/mol. The molecule has 1 saturated heterocycles. The van der Waals surface area contributed by atoms with Gasteiger partial charge in [-0.05, 0) is 19.3 Å². The van der Waals surface area contributed by atoms with E-state index in [1.54, 1.807) is 6.20 Å². The molecule has 0 spiro atoms. The second-order valence-corrected chi connectivity index (χ2v) is 8.82. The molecule has 0 radical (unpaired) electrons. The van der Waals surface area contributed by atoms with E-state index in [0.717, 1.165) is 25.7 Å². The van der Waals surface area contributed by atoms with Gasteiger partial charge in [-0.25, -0.2) is 8.42 Å². The molecule has 1 saturated carbocycles. The van der Waals surface area contributed by atoms with E-state index in [0.29, 0.717) is 11.4 Å². The number of carbonyl (C=O) groups excluding carboxylic acids is 1. The highest BCUT2D eigenvalue weighted by Gasteiger charge is 2.38. The average Bonchev–Trinajstić information content (AvgIpc) is 3.14. The van der Waals surface area contributed by atoms with Crippen molar-refractivity contribution in [2.75, 3.05) is 11.5 Å². The molecule has 8 heteroatoms. The Morgan fingerprint density at radius 3 is 2.59 bits per heavy atom. The Balaban J connectivity index is 1.77. The van der Waals surface area contributed by atoms with Gasteiger partial charge in [0.15, 0.2) is 9.84 Å².